The first-order chi connectivity index (χ1) is 16.7. The monoisotopic (exact) mass is 491 g/mol. The van der Waals surface area contributed by atoms with Crippen molar-refractivity contribution in [3.05, 3.63) is 78.3 Å². The second kappa shape index (κ2) is 11.4. The molecule has 8 nitrogen and oxygen atoms in total. The van der Waals surface area contributed by atoms with E-state index in [1.165, 1.54) is 37.4 Å². The molecule has 0 radical (unpaired) electrons. The Labute approximate surface area is 198 Å². The van der Waals surface area contributed by atoms with E-state index >= 15 is 0 Å². The van der Waals surface area contributed by atoms with Crippen LogP contribution in [-0.2, 0) is 27.1 Å². The lowest BCUT2D eigenvalue weighted by atomic mass is 10.2. The van der Waals surface area contributed by atoms with Crippen molar-refractivity contribution in [3.63, 3.8) is 0 Å². The van der Waals surface area contributed by atoms with E-state index in [1.54, 1.807) is 6.07 Å². The fraction of sp³-hybridized carbons (Fsp3) is 0.174. The standard InChI is InChI=1S/C23H21F4N5O3/c1-3-20(33)29-15-5-4-6-16(9-15)30-21-18(23(25,26)27)11-28-22(32-21)31-17-8-7-14(19(24)10-17)12-35-13-34-2/h3-11H,1,12-13H2,2H3,(H,29,33)(H2,28,30,31,32). The quantitative estimate of drug-likeness (QED) is 0.152. The molecule has 3 rings (SSSR count). The van der Waals surface area contributed by atoms with Gasteiger partial charge in [-0.25, -0.2) is 9.37 Å². The molecule has 0 saturated carbocycles. The number of carbonyl (C=O) groups excluding carboxylic acids is 1. The number of nitrogens with one attached hydrogen (secondary N) is 3. The van der Waals surface area contributed by atoms with Gasteiger partial charge in [0, 0.05) is 35.9 Å². The number of aromatic nitrogens is 2. The van der Waals surface area contributed by atoms with Gasteiger partial charge >= 0.3 is 6.18 Å². The van der Waals surface area contributed by atoms with Gasteiger partial charge in [0.15, 0.2) is 0 Å². The number of carbonyl (C=O) groups is 1. The smallest absolute Gasteiger partial charge is 0.359 e. The van der Waals surface area contributed by atoms with Crippen molar-refractivity contribution in [2.75, 3.05) is 29.9 Å². The summed E-state index contributed by atoms with van der Waals surface area (Å²) in [5, 5.41) is 7.80. The Morgan fingerprint density at radius 2 is 1.86 bits per heavy atom. The summed E-state index contributed by atoms with van der Waals surface area (Å²) in [6.07, 6.45) is -3.07. The lowest BCUT2D eigenvalue weighted by Gasteiger charge is -2.15. The minimum Gasteiger partial charge on any atom is -0.359 e. The number of amides is 1. The Hall–Kier alpha value is -4.03. The van der Waals surface area contributed by atoms with Crippen LogP contribution in [0.25, 0.3) is 0 Å². The van der Waals surface area contributed by atoms with Crippen LogP contribution in [0.5, 0.6) is 0 Å². The average Bonchev–Trinajstić information content (AvgIpc) is 2.80. The SMILES string of the molecule is C=CC(=O)Nc1cccc(Nc2nc(Nc3ccc(COCOC)c(F)c3)ncc2C(F)(F)F)c1. The van der Waals surface area contributed by atoms with Gasteiger partial charge in [-0.05, 0) is 36.4 Å². The molecule has 0 unspecified atom stereocenters. The van der Waals surface area contributed by atoms with Gasteiger partial charge in [0.2, 0.25) is 11.9 Å². The molecule has 1 heterocycles. The highest BCUT2D eigenvalue weighted by atomic mass is 19.4. The van der Waals surface area contributed by atoms with Crippen LogP contribution in [0, 0.1) is 5.82 Å². The van der Waals surface area contributed by atoms with Crippen molar-refractivity contribution < 1.29 is 31.8 Å². The van der Waals surface area contributed by atoms with E-state index in [2.05, 4.69) is 32.5 Å². The fourth-order valence-electron chi connectivity index (χ4n) is 2.86. The van der Waals surface area contributed by atoms with Crippen molar-refractivity contribution >= 4 is 34.7 Å². The number of halogens is 4. The zero-order valence-electron chi connectivity index (χ0n) is 18.4. The zero-order valence-corrected chi connectivity index (χ0v) is 18.4. The normalized spacial score (nSPS) is 11.1. The number of nitrogens with zero attached hydrogens (tertiary/aromatic N) is 2. The molecule has 1 amide bonds. The van der Waals surface area contributed by atoms with E-state index in [-0.39, 0.29) is 36.3 Å². The molecule has 35 heavy (non-hydrogen) atoms. The van der Waals surface area contributed by atoms with E-state index in [4.69, 9.17) is 9.47 Å². The largest absolute Gasteiger partial charge is 0.421 e. The molecule has 0 spiro atoms. The van der Waals surface area contributed by atoms with Crippen LogP contribution in [0.2, 0.25) is 0 Å². The summed E-state index contributed by atoms with van der Waals surface area (Å²) in [4.78, 5) is 19.1. The van der Waals surface area contributed by atoms with Crippen molar-refractivity contribution in [1.82, 2.24) is 9.97 Å². The molecule has 12 heteroatoms. The topological polar surface area (TPSA) is 97.4 Å². The molecule has 3 N–H and O–H groups in total. The molecule has 0 atom stereocenters. The first kappa shape index (κ1) is 25.6. The number of hydrogen-bond acceptors (Lipinski definition) is 7. The van der Waals surface area contributed by atoms with Gasteiger partial charge in [0.05, 0.1) is 6.61 Å². The molecular formula is C23H21F4N5O3. The zero-order chi connectivity index (χ0) is 25.4. The maximum absolute atomic E-state index is 14.3. The van der Waals surface area contributed by atoms with Gasteiger partial charge in [-0.2, -0.15) is 18.2 Å². The van der Waals surface area contributed by atoms with Crippen molar-refractivity contribution in [2.45, 2.75) is 12.8 Å². The Balaban J connectivity index is 1.84. The third kappa shape index (κ3) is 7.22. The van der Waals surface area contributed by atoms with Crippen molar-refractivity contribution in [2.24, 2.45) is 0 Å². The Morgan fingerprint density at radius 1 is 1.11 bits per heavy atom. The highest BCUT2D eigenvalue weighted by Crippen LogP contribution is 2.35. The van der Waals surface area contributed by atoms with Crippen LogP contribution in [0.15, 0.2) is 61.3 Å². The lowest BCUT2D eigenvalue weighted by molar-refractivity contribution is -0.137. The number of alkyl halides is 3. The van der Waals surface area contributed by atoms with Gasteiger partial charge in [-0.15, -0.1) is 0 Å². The number of benzene rings is 2. The van der Waals surface area contributed by atoms with Gasteiger partial charge < -0.3 is 25.4 Å². The molecular weight excluding hydrogens is 470 g/mol. The summed E-state index contributed by atoms with van der Waals surface area (Å²) in [6, 6.07) is 10.1. The summed E-state index contributed by atoms with van der Waals surface area (Å²) >= 11 is 0. The van der Waals surface area contributed by atoms with Crippen LogP contribution in [0.4, 0.5) is 46.4 Å². The molecule has 0 saturated heterocycles. The van der Waals surface area contributed by atoms with Crippen molar-refractivity contribution in [3.8, 4) is 0 Å². The second-order valence-electron chi connectivity index (χ2n) is 7.04. The maximum Gasteiger partial charge on any atom is 0.421 e. The van der Waals surface area contributed by atoms with Crippen LogP contribution in [0.1, 0.15) is 11.1 Å². The fourth-order valence-corrected chi connectivity index (χ4v) is 2.86. The number of ether oxygens (including phenoxy) is 2. The molecule has 0 bridgehead atoms. The third-order valence-electron chi connectivity index (χ3n) is 4.44. The summed E-state index contributed by atoms with van der Waals surface area (Å²) in [7, 11) is 1.44. The van der Waals surface area contributed by atoms with Crippen LogP contribution >= 0.6 is 0 Å². The second-order valence-corrected chi connectivity index (χ2v) is 7.04. The number of hydrogen-bond donors (Lipinski definition) is 3. The first-order valence-corrected chi connectivity index (χ1v) is 10.1. The van der Waals surface area contributed by atoms with E-state index < -0.39 is 29.3 Å². The number of rotatable bonds is 10. The third-order valence-corrected chi connectivity index (χ3v) is 4.44. The molecule has 0 aliphatic rings. The number of anilines is 5. The molecule has 1 aromatic heterocycles. The highest BCUT2D eigenvalue weighted by molar-refractivity contribution is 5.99. The Kier molecular flexibility index (Phi) is 8.34. The lowest BCUT2D eigenvalue weighted by Crippen LogP contribution is -2.13. The van der Waals surface area contributed by atoms with Gasteiger partial charge in [-0.1, -0.05) is 18.7 Å². The predicted molar refractivity (Wildman–Crippen MR) is 122 cm³/mol. The highest BCUT2D eigenvalue weighted by Gasteiger charge is 2.35. The summed E-state index contributed by atoms with van der Waals surface area (Å²) < 4.78 is 64.8. The van der Waals surface area contributed by atoms with E-state index in [0.717, 1.165) is 12.1 Å². The number of methoxy groups -OCH3 is 1. The molecule has 0 aliphatic carbocycles. The van der Waals surface area contributed by atoms with E-state index in [1.807, 2.05) is 0 Å². The minimum atomic E-state index is -4.74. The summed E-state index contributed by atoms with van der Waals surface area (Å²) in [5.74, 6) is -1.79. The Morgan fingerprint density at radius 3 is 2.54 bits per heavy atom. The minimum absolute atomic E-state index is 0.00184. The van der Waals surface area contributed by atoms with Gasteiger partial charge in [0.25, 0.3) is 0 Å². The average molecular weight is 491 g/mol. The van der Waals surface area contributed by atoms with Crippen LogP contribution in [-0.4, -0.2) is 29.8 Å². The molecule has 184 valence electrons. The predicted octanol–water partition coefficient (Wildman–Crippen LogP) is 5.37. The molecule has 0 fully saturated rings. The van der Waals surface area contributed by atoms with E-state index in [9.17, 15) is 22.4 Å². The van der Waals surface area contributed by atoms with E-state index in [0.29, 0.717) is 11.9 Å². The van der Waals surface area contributed by atoms with Crippen LogP contribution < -0.4 is 16.0 Å². The van der Waals surface area contributed by atoms with Crippen LogP contribution in [0.3, 0.4) is 0 Å². The van der Waals surface area contributed by atoms with Crippen molar-refractivity contribution in [1.29, 1.82) is 0 Å². The molecule has 2 aromatic carbocycles. The summed E-state index contributed by atoms with van der Waals surface area (Å²) in [6.45, 7) is 3.33. The summed E-state index contributed by atoms with van der Waals surface area (Å²) in [5.41, 5.74) is -0.0515. The van der Waals surface area contributed by atoms with Gasteiger partial charge in [-0.3, -0.25) is 4.79 Å². The first-order valence-electron chi connectivity index (χ1n) is 10.1. The maximum atomic E-state index is 14.3. The molecule has 3 aromatic rings. The molecule has 0 aliphatic heterocycles. The Bertz CT molecular complexity index is 1200. The van der Waals surface area contributed by atoms with Gasteiger partial charge in [0.1, 0.15) is 24.0 Å².